The molecule has 3 heterocycles. The Morgan fingerprint density at radius 2 is 1.29 bits per heavy atom. The van der Waals surface area contributed by atoms with Crippen LogP contribution in [0.3, 0.4) is 0 Å². The average Bonchev–Trinajstić information content (AvgIpc) is 3.27. The summed E-state index contributed by atoms with van der Waals surface area (Å²) in [7, 11) is 0. The average molecular weight is 912 g/mol. The maximum Gasteiger partial charge on any atom is 0.316 e. The number of anilines is 2. The number of carbonyl (C=O) groups is 9. The summed E-state index contributed by atoms with van der Waals surface area (Å²) < 4.78 is 11.5. The van der Waals surface area contributed by atoms with Crippen molar-refractivity contribution in [3.63, 3.8) is 0 Å². The van der Waals surface area contributed by atoms with E-state index in [1.165, 1.54) is 18.2 Å². The summed E-state index contributed by atoms with van der Waals surface area (Å²) in [6.45, 7) is 4.13. The molecule has 24 nitrogen and oxygen atoms in total. The third kappa shape index (κ3) is 16.2. The summed E-state index contributed by atoms with van der Waals surface area (Å²) in [5.41, 5.74) is 11.9. The van der Waals surface area contributed by atoms with Crippen LogP contribution in [0.15, 0.2) is 36.4 Å². The molecule has 0 aromatic heterocycles. The van der Waals surface area contributed by atoms with Gasteiger partial charge < -0.3 is 79.0 Å². The molecule has 5 unspecified atom stereocenters. The second-order valence-corrected chi connectivity index (χ2v) is 15.5. The van der Waals surface area contributed by atoms with Gasteiger partial charge in [-0.2, -0.15) is 0 Å². The SMILES string of the molecule is CC1COc2ccc(NC(=O)C3CCNCC3)cc2C(=O)NCCC(=O)NC(CO)C(=O)N1.CC1COc2ccc(NC(N)=O)cc2C(=O)NCC(N)C(=O)NC(CCC(=O)O)C(=O)N1. The van der Waals surface area contributed by atoms with Crippen LogP contribution in [-0.4, -0.2) is 140 Å². The summed E-state index contributed by atoms with van der Waals surface area (Å²) in [5.74, 6) is -4.26. The first-order chi connectivity index (χ1) is 30.9. The number of aliphatic carboxylic acids is 1. The van der Waals surface area contributed by atoms with E-state index in [0.717, 1.165) is 25.9 Å². The maximum atomic E-state index is 12.8. The van der Waals surface area contributed by atoms with Crippen LogP contribution in [0.2, 0.25) is 0 Å². The number of urea groups is 1. The molecule has 5 rings (SSSR count). The van der Waals surface area contributed by atoms with Crippen LogP contribution in [0.4, 0.5) is 16.2 Å². The monoisotopic (exact) mass is 911 g/mol. The van der Waals surface area contributed by atoms with Gasteiger partial charge in [-0.1, -0.05) is 0 Å². The van der Waals surface area contributed by atoms with Crippen molar-refractivity contribution in [3.8, 4) is 11.5 Å². The van der Waals surface area contributed by atoms with Gasteiger partial charge in [-0.25, -0.2) is 4.79 Å². The van der Waals surface area contributed by atoms with Crippen molar-refractivity contribution in [1.82, 2.24) is 37.2 Å². The van der Waals surface area contributed by atoms with E-state index in [9.17, 15) is 48.3 Å². The van der Waals surface area contributed by atoms with Crippen LogP contribution in [0.25, 0.3) is 0 Å². The number of amides is 9. The first kappa shape index (κ1) is 50.6. The minimum atomic E-state index is -1.21. The molecule has 1 saturated heterocycles. The number of rotatable bonds is 7. The largest absolute Gasteiger partial charge is 0.491 e. The Labute approximate surface area is 373 Å². The molecule has 2 aromatic rings. The van der Waals surface area contributed by atoms with Gasteiger partial charge in [0.2, 0.25) is 29.5 Å². The fourth-order valence-electron chi connectivity index (χ4n) is 6.54. The lowest BCUT2D eigenvalue weighted by molar-refractivity contribution is -0.138. The lowest BCUT2D eigenvalue weighted by Crippen LogP contribution is -2.56. The van der Waals surface area contributed by atoms with Crippen molar-refractivity contribution < 1.29 is 62.8 Å². The maximum absolute atomic E-state index is 12.8. The van der Waals surface area contributed by atoms with Gasteiger partial charge in [0.15, 0.2) is 0 Å². The number of nitrogens with one attached hydrogen (secondary N) is 9. The number of aliphatic hydroxyl groups excluding tert-OH is 1. The van der Waals surface area contributed by atoms with Crippen LogP contribution < -0.4 is 68.8 Å². The van der Waals surface area contributed by atoms with Crippen molar-refractivity contribution in [2.45, 2.75) is 76.2 Å². The van der Waals surface area contributed by atoms with Gasteiger partial charge in [-0.15, -0.1) is 0 Å². The number of carboxylic acids is 1. The lowest BCUT2D eigenvalue weighted by atomic mass is 9.97. The Morgan fingerprint density at radius 1 is 0.738 bits per heavy atom. The van der Waals surface area contributed by atoms with E-state index in [-0.39, 0.29) is 85.7 Å². The predicted molar refractivity (Wildman–Crippen MR) is 232 cm³/mol. The molecule has 3 aliphatic rings. The van der Waals surface area contributed by atoms with Crippen LogP contribution >= 0.6 is 0 Å². The van der Waals surface area contributed by atoms with Gasteiger partial charge in [-0.05, 0) is 82.6 Å². The van der Waals surface area contributed by atoms with Crippen LogP contribution in [0, 0.1) is 5.92 Å². The van der Waals surface area contributed by atoms with Gasteiger partial charge in [0.25, 0.3) is 11.8 Å². The van der Waals surface area contributed by atoms with E-state index < -0.39 is 84.3 Å². The van der Waals surface area contributed by atoms with E-state index in [4.69, 9.17) is 26.0 Å². The number of aliphatic hydroxyl groups is 1. The van der Waals surface area contributed by atoms with Crippen molar-refractivity contribution in [2.24, 2.45) is 17.4 Å². The zero-order valence-electron chi connectivity index (χ0n) is 36.0. The number of nitrogens with two attached hydrogens (primary N) is 2. The molecule has 24 heteroatoms. The fraction of sp³-hybridized carbons (Fsp3) is 0.488. The molecule has 0 saturated carbocycles. The van der Waals surface area contributed by atoms with Gasteiger partial charge >= 0.3 is 12.0 Å². The van der Waals surface area contributed by atoms with Crippen molar-refractivity contribution in [1.29, 1.82) is 0 Å². The third-order valence-corrected chi connectivity index (χ3v) is 10.0. The molecule has 2 aromatic carbocycles. The van der Waals surface area contributed by atoms with E-state index in [1.807, 2.05) is 0 Å². The highest BCUT2D eigenvalue weighted by atomic mass is 16.5. The molecule has 3 aliphatic heterocycles. The number of fused-ring (bicyclic) bond motifs is 2. The number of hydrogen-bond donors (Lipinski definition) is 13. The number of ether oxygens (including phenoxy) is 2. The summed E-state index contributed by atoms with van der Waals surface area (Å²) >= 11 is 0. The number of carboxylic acid groups (broad SMARTS) is 1. The van der Waals surface area contributed by atoms with E-state index >= 15 is 0 Å². The molecule has 0 radical (unpaired) electrons. The Morgan fingerprint density at radius 3 is 1.85 bits per heavy atom. The minimum Gasteiger partial charge on any atom is -0.491 e. The van der Waals surface area contributed by atoms with Crippen molar-refractivity contribution >= 4 is 64.7 Å². The van der Waals surface area contributed by atoms with Crippen LogP contribution in [0.1, 0.15) is 66.7 Å². The van der Waals surface area contributed by atoms with Gasteiger partial charge in [0.05, 0.1) is 29.8 Å². The first-order valence-corrected chi connectivity index (χ1v) is 20.9. The molecule has 354 valence electrons. The molecule has 1 fully saturated rings. The molecule has 0 spiro atoms. The highest BCUT2D eigenvalue weighted by Crippen LogP contribution is 2.26. The molecule has 65 heavy (non-hydrogen) atoms. The van der Waals surface area contributed by atoms with E-state index in [0.29, 0.717) is 5.69 Å². The number of piperidine rings is 1. The fourth-order valence-corrected chi connectivity index (χ4v) is 6.54. The molecular weight excluding hydrogens is 855 g/mol. The van der Waals surface area contributed by atoms with Crippen molar-refractivity contribution in [2.75, 3.05) is 56.6 Å². The predicted octanol–water partition coefficient (Wildman–Crippen LogP) is -2.40. The molecule has 0 bridgehead atoms. The number of carbonyl (C=O) groups excluding carboxylic acids is 8. The standard InChI is InChI=1S/C22H31N5O6.C19H26N6O7/c1-13-12-33-18-3-2-15(26-20(30)14-4-7-23-8-5-14)10-16(18)21(31)24-9-6-19(29)27-17(11-28)22(32)25-13;1-9-8-32-14-4-2-10(24-19(21)31)6-11(14)16(28)22-7-12(20)17(29)25-13(18(30)23-9)3-5-15(26)27/h2-3,10,13-14,17,23,28H,4-9,11-12H2,1H3,(H,24,31)(H,25,32)(H,26,30)(H,27,29);2,4,6,9,12-13H,3,5,7-8,20H2,1H3,(H,22,28)(H,23,30)(H,25,29)(H,26,27)(H3,21,24,31). The normalized spacial score (nSPS) is 22.7. The Bertz CT molecular complexity index is 2080. The molecule has 0 aliphatic carbocycles. The zero-order chi connectivity index (χ0) is 47.6. The molecule has 5 atom stereocenters. The summed E-state index contributed by atoms with van der Waals surface area (Å²) in [5, 5.41) is 42.1. The van der Waals surface area contributed by atoms with E-state index in [2.05, 4.69) is 47.9 Å². The minimum absolute atomic E-state index is 0.0198. The van der Waals surface area contributed by atoms with Crippen molar-refractivity contribution in [3.05, 3.63) is 47.5 Å². The Hall–Kier alpha value is -7.05. The van der Waals surface area contributed by atoms with Crippen LogP contribution in [-0.2, 0) is 28.8 Å². The molecule has 9 amide bonds. The van der Waals surface area contributed by atoms with Gasteiger partial charge in [0.1, 0.15) is 42.8 Å². The van der Waals surface area contributed by atoms with Gasteiger partial charge in [0, 0.05) is 43.2 Å². The second-order valence-electron chi connectivity index (χ2n) is 15.5. The molecule has 15 N–H and O–H groups in total. The smallest absolute Gasteiger partial charge is 0.316 e. The van der Waals surface area contributed by atoms with E-state index in [1.54, 1.807) is 32.0 Å². The number of hydrogen-bond acceptors (Lipinski definition) is 14. The second kappa shape index (κ2) is 24.7. The quantitative estimate of drug-likeness (QED) is 0.138. The Balaban J connectivity index is 0.000000285. The topological polar surface area (TPSA) is 373 Å². The molecular formula is C41H57N11O13. The highest BCUT2D eigenvalue weighted by Gasteiger charge is 2.28. The highest BCUT2D eigenvalue weighted by molar-refractivity contribution is 6.01. The first-order valence-electron chi connectivity index (χ1n) is 20.9. The van der Waals surface area contributed by atoms with Crippen LogP contribution in [0.5, 0.6) is 11.5 Å². The zero-order valence-corrected chi connectivity index (χ0v) is 36.0. The van der Waals surface area contributed by atoms with Gasteiger partial charge in [-0.3, -0.25) is 38.4 Å². The Kier molecular flexibility index (Phi) is 19.2. The lowest BCUT2D eigenvalue weighted by Gasteiger charge is -2.24. The number of primary amides is 1. The summed E-state index contributed by atoms with van der Waals surface area (Å²) in [6, 6.07) is 3.81. The number of benzene rings is 2. The third-order valence-electron chi connectivity index (χ3n) is 10.0. The summed E-state index contributed by atoms with van der Waals surface area (Å²) in [4.78, 5) is 109. The summed E-state index contributed by atoms with van der Waals surface area (Å²) in [6.07, 6.45) is 0.947.